The van der Waals surface area contributed by atoms with Gasteiger partial charge in [0.1, 0.15) is 23.4 Å². The summed E-state index contributed by atoms with van der Waals surface area (Å²) in [5.74, 6) is -1.11. The number of carboxylic acids is 1. The molecule has 1 saturated heterocycles. The van der Waals surface area contributed by atoms with Gasteiger partial charge in [-0.15, -0.1) is 0 Å². The van der Waals surface area contributed by atoms with Gasteiger partial charge >= 0.3 is 5.97 Å². The number of β-lactam (4-membered cyclic amide) rings is 1. The highest BCUT2D eigenvalue weighted by Crippen LogP contribution is 2.52. The molecule has 7 nitrogen and oxygen atoms in total. The minimum absolute atomic E-state index is 0.00592. The lowest BCUT2D eigenvalue weighted by Gasteiger charge is -2.48. The van der Waals surface area contributed by atoms with E-state index in [1.807, 2.05) is 49.4 Å². The van der Waals surface area contributed by atoms with Crippen LogP contribution in [0.1, 0.15) is 59.6 Å². The molecule has 2 heterocycles. The van der Waals surface area contributed by atoms with E-state index in [4.69, 9.17) is 13.6 Å². The zero-order valence-electron chi connectivity index (χ0n) is 29.5. The lowest BCUT2D eigenvalue weighted by atomic mass is 9.86. The quantitative estimate of drug-likeness (QED) is 0.162. The molecule has 1 amide bonds. The Bertz CT molecular complexity index is 1630. The van der Waals surface area contributed by atoms with E-state index in [2.05, 4.69) is 91.0 Å². The number of rotatable bonds is 12. The number of thioether (sulfide) groups is 1. The Hall–Kier alpha value is -3.16. The molecule has 0 bridgehead atoms. The predicted octanol–water partition coefficient (Wildman–Crippen LogP) is 6.92. The van der Waals surface area contributed by atoms with Gasteiger partial charge in [0.2, 0.25) is 5.91 Å². The normalized spacial score (nSPS) is 19.0. The largest absolute Gasteiger partial charge is 0.488 e. The van der Waals surface area contributed by atoms with Crippen molar-refractivity contribution in [3.63, 3.8) is 0 Å². The number of ether oxygens (including phenoxy) is 1. The molecule has 3 aromatic rings. The van der Waals surface area contributed by atoms with Gasteiger partial charge in [0.15, 0.2) is 8.32 Å². The van der Waals surface area contributed by atoms with Gasteiger partial charge in [-0.1, -0.05) is 120 Å². The van der Waals surface area contributed by atoms with E-state index < -0.39 is 29.2 Å². The van der Waals surface area contributed by atoms with E-state index in [-0.39, 0.29) is 40.1 Å². The van der Waals surface area contributed by atoms with Crippen LogP contribution in [0.3, 0.4) is 0 Å². The average Bonchev–Trinajstić information content (AvgIpc) is 3.34. The second-order valence-corrected chi connectivity index (χ2v) is 23.2. The standard InChI is InChI=1S/C38H48NO6SSi2/c1-25(45-48(8,9)38(5,6)7)32-34(40)39-33(36(41)42)31(46-35(32)39)24-43-30-21-20-27(37(2,3)4)22-26(30)23-44-47(28-16-12-10-13-17-28)29-18-14-11-15-19-29/h10-22,25,32,35H,23-24H2,1-9H3,(H,41,42)/t25-,32+,35-/m1/s1. The summed E-state index contributed by atoms with van der Waals surface area (Å²) in [5.41, 5.74) is 1.96. The first-order chi connectivity index (χ1) is 22.5. The van der Waals surface area contributed by atoms with Crippen LogP contribution in [0.15, 0.2) is 89.5 Å². The molecule has 1 fully saturated rings. The van der Waals surface area contributed by atoms with E-state index in [0.717, 1.165) is 21.5 Å². The number of hydrogen-bond acceptors (Lipinski definition) is 6. The molecule has 5 rings (SSSR count). The van der Waals surface area contributed by atoms with Gasteiger partial charge in [0.25, 0.3) is 9.04 Å². The Morgan fingerprint density at radius 1 is 0.938 bits per heavy atom. The maximum Gasteiger partial charge on any atom is 0.353 e. The van der Waals surface area contributed by atoms with Gasteiger partial charge < -0.3 is 18.7 Å². The molecule has 10 heteroatoms. The molecule has 1 N–H and O–H groups in total. The van der Waals surface area contributed by atoms with Crippen molar-refractivity contribution in [2.45, 2.75) is 90.1 Å². The summed E-state index contributed by atoms with van der Waals surface area (Å²) >= 11 is 1.40. The van der Waals surface area contributed by atoms with Crippen molar-refractivity contribution >= 4 is 51.4 Å². The number of carboxylic acid groups (broad SMARTS) is 1. The highest BCUT2D eigenvalue weighted by Gasteiger charge is 2.59. The highest BCUT2D eigenvalue weighted by atomic mass is 32.2. The van der Waals surface area contributed by atoms with Crippen molar-refractivity contribution < 1.29 is 28.3 Å². The van der Waals surface area contributed by atoms with Crippen LogP contribution in [0.4, 0.5) is 0 Å². The van der Waals surface area contributed by atoms with E-state index in [0.29, 0.717) is 17.3 Å². The van der Waals surface area contributed by atoms with Crippen LogP contribution in [0, 0.1) is 5.92 Å². The number of aliphatic carboxylic acids is 1. The van der Waals surface area contributed by atoms with Crippen LogP contribution in [0.25, 0.3) is 0 Å². The van der Waals surface area contributed by atoms with Crippen molar-refractivity contribution in [1.82, 2.24) is 4.90 Å². The van der Waals surface area contributed by atoms with Crippen LogP contribution in [-0.2, 0) is 30.5 Å². The molecule has 0 aromatic heterocycles. The third-order valence-electron chi connectivity index (χ3n) is 9.58. The molecule has 3 aromatic carbocycles. The molecule has 1 radical (unpaired) electrons. The second kappa shape index (κ2) is 14.0. The van der Waals surface area contributed by atoms with Gasteiger partial charge in [-0.3, -0.25) is 9.69 Å². The van der Waals surface area contributed by atoms with Crippen LogP contribution >= 0.6 is 11.8 Å². The van der Waals surface area contributed by atoms with Crippen LogP contribution in [0.2, 0.25) is 18.1 Å². The van der Waals surface area contributed by atoms with E-state index in [1.165, 1.54) is 16.7 Å². The van der Waals surface area contributed by atoms with Crippen molar-refractivity contribution in [2.24, 2.45) is 5.92 Å². The number of hydrogen-bond donors (Lipinski definition) is 1. The summed E-state index contributed by atoms with van der Waals surface area (Å²) < 4.78 is 19.7. The molecule has 255 valence electrons. The summed E-state index contributed by atoms with van der Waals surface area (Å²) in [7, 11) is -3.69. The fourth-order valence-electron chi connectivity index (χ4n) is 5.76. The summed E-state index contributed by atoms with van der Waals surface area (Å²) in [6.07, 6.45) is -0.318. The number of fused-ring (bicyclic) bond motifs is 1. The second-order valence-electron chi connectivity index (χ2n) is 15.1. The molecule has 48 heavy (non-hydrogen) atoms. The van der Waals surface area contributed by atoms with Crippen molar-refractivity contribution in [1.29, 1.82) is 0 Å². The van der Waals surface area contributed by atoms with Gasteiger partial charge in [-0.2, -0.15) is 0 Å². The van der Waals surface area contributed by atoms with Gasteiger partial charge in [-0.25, -0.2) is 4.79 Å². The van der Waals surface area contributed by atoms with Gasteiger partial charge in [0.05, 0.1) is 23.5 Å². The minimum atomic E-state index is -2.13. The first-order valence-electron chi connectivity index (χ1n) is 16.5. The zero-order chi connectivity index (χ0) is 35.0. The lowest BCUT2D eigenvalue weighted by molar-refractivity contribution is -0.156. The summed E-state index contributed by atoms with van der Waals surface area (Å²) in [4.78, 5) is 27.9. The molecular weight excluding hydrogens is 655 g/mol. The van der Waals surface area contributed by atoms with E-state index in [9.17, 15) is 14.7 Å². The Kier molecular flexibility index (Phi) is 10.5. The molecule has 0 unspecified atom stereocenters. The predicted molar refractivity (Wildman–Crippen MR) is 197 cm³/mol. The van der Waals surface area contributed by atoms with Crippen LogP contribution in [-0.4, -0.2) is 57.3 Å². The zero-order valence-corrected chi connectivity index (χ0v) is 32.3. The first-order valence-corrected chi connectivity index (χ1v) is 21.7. The molecule has 2 aliphatic heterocycles. The van der Waals surface area contributed by atoms with Crippen LogP contribution in [0.5, 0.6) is 5.75 Å². The fraction of sp³-hybridized carbons (Fsp3) is 0.421. The summed E-state index contributed by atoms with van der Waals surface area (Å²) in [6, 6.07) is 26.7. The highest BCUT2D eigenvalue weighted by molar-refractivity contribution is 8.04. The Balaban J connectivity index is 1.37. The Morgan fingerprint density at radius 3 is 2.04 bits per heavy atom. The number of carbonyl (C=O) groups excluding carboxylic acids is 1. The number of carbonyl (C=O) groups is 2. The molecular formula is C38H48NO6SSi2. The number of amides is 1. The third-order valence-corrected chi connectivity index (χ3v) is 17.6. The average molecular weight is 703 g/mol. The lowest BCUT2D eigenvalue weighted by Crippen LogP contribution is -2.62. The molecule has 3 atom stereocenters. The number of benzene rings is 3. The minimum Gasteiger partial charge on any atom is -0.488 e. The topological polar surface area (TPSA) is 85.3 Å². The van der Waals surface area contributed by atoms with Crippen LogP contribution < -0.4 is 15.1 Å². The third kappa shape index (κ3) is 7.53. The molecule has 0 saturated carbocycles. The van der Waals surface area contributed by atoms with Gasteiger partial charge in [0, 0.05) is 5.56 Å². The maximum absolute atomic E-state index is 13.4. The summed E-state index contributed by atoms with van der Waals surface area (Å²) in [6.45, 7) is 19.7. The smallest absolute Gasteiger partial charge is 0.353 e. The van der Waals surface area contributed by atoms with Crippen molar-refractivity contribution in [3.8, 4) is 5.75 Å². The Morgan fingerprint density at radius 2 is 1.52 bits per heavy atom. The first kappa shape index (κ1) is 36.1. The molecule has 0 aliphatic carbocycles. The monoisotopic (exact) mass is 702 g/mol. The molecule has 2 aliphatic rings. The van der Waals surface area contributed by atoms with Crippen molar-refractivity contribution in [2.75, 3.05) is 6.61 Å². The molecule has 0 spiro atoms. The van der Waals surface area contributed by atoms with E-state index >= 15 is 0 Å². The van der Waals surface area contributed by atoms with E-state index in [1.54, 1.807) is 0 Å². The Labute approximate surface area is 292 Å². The van der Waals surface area contributed by atoms with Gasteiger partial charge in [-0.05, 0) is 58.5 Å². The number of nitrogens with zero attached hydrogens (tertiary/aromatic N) is 1. The van der Waals surface area contributed by atoms with Crippen molar-refractivity contribution in [3.05, 3.63) is 101 Å². The maximum atomic E-state index is 13.4. The fourth-order valence-corrected chi connectivity index (χ4v) is 10.7. The summed E-state index contributed by atoms with van der Waals surface area (Å²) in [5, 5.41) is 12.2. The SMILES string of the molecule is C[C@@H](O[Si](C)(C)C(C)(C)C)[C@H]1C(=O)N2C(C(=O)O)=C(COc3ccc(C(C)(C)C)cc3CO[Si](c3ccccc3)c3ccccc3)S[C@H]12.